The van der Waals surface area contributed by atoms with Gasteiger partial charge in [0.15, 0.2) is 0 Å². The molecular formula is C14H16N2O. The van der Waals surface area contributed by atoms with E-state index >= 15 is 0 Å². The maximum atomic E-state index is 10.6. The van der Waals surface area contributed by atoms with Gasteiger partial charge in [-0.1, -0.05) is 24.3 Å². The van der Waals surface area contributed by atoms with E-state index < -0.39 is 5.60 Å². The van der Waals surface area contributed by atoms with Gasteiger partial charge in [-0.05, 0) is 42.3 Å². The number of nitrogen functional groups attached to an aromatic ring is 2. The van der Waals surface area contributed by atoms with Crippen molar-refractivity contribution in [1.29, 1.82) is 0 Å². The number of aliphatic hydroxyl groups is 1. The Kier molecular flexibility index (Phi) is 2.77. The number of rotatable bonds is 2. The summed E-state index contributed by atoms with van der Waals surface area (Å²) in [6.07, 6.45) is 0. The van der Waals surface area contributed by atoms with E-state index in [0.29, 0.717) is 11.4 Å². The highest BCUT2D eigenvalue weighted by molar-refractivity contribution is 5.46. The Morgan fingerprint density at radius 3 is 1.35 bits per heavy atom. The van der Waals surface area contributed by atoms with Crippen LogP contribution in [-0.2, 0) is 5.60 Å². The van der Waals surface area contributed by atoms with E-state index in [1.807, 2.05) is 24.3 Å². The first-order valence-electron chi connectivity index (χ1n) is 5.44. The smallest absolute Gasteiger partial charge is 0.112 e. The Balaban J connectivity index is 2.41. The van der Waals surface area contributed by atoms with E-state index in [1.54, 1.807) is 31.2 Å². The first-order chi connectivity index (χ1) is 8.00. The normalized spacial score (nSPS) is 11.4. The van der Waals surface area contributed by atoms with Crippen LogP contribution < -0.4 is 11.5 Å². The lowest BCUT2D eigenvalue weighted by molar-refractivity contribution is 0.102. The lowest BCUT2D eigenvalue weighted by Crippen LogP contribution is -2.22. The van der Waals surface area contributed by atoms with Crippen LogP contribution in [0.1, 0.15) is 18.1 Å². The van der Waals surface area contributed by atoms with Crippen LogP contribution >= 0.6 is 0 Å². The molecule has 3 heteroatoms. The molecule has 2 rings (SSSR count). The monoisotopic (exact) mass is 228 g/mol. The zero-order valence-electron chi connectivity index (χ0n) is 9.72. The van der Waals surface area contributed by atoms with Crippen molar-refractivity contribution in [1.82, 2.24) is 0 Å². The predicted molar refractivity (Wildman–Crippen MR) is 70.4 cm³/mol. The molecule has 5 N–H and O–H groups in total. The first kappa shape index (κ1) is 11.5. The summed E-state index contributed by atoms with van der Waals surface area (Å²) >= 11 is 0. The Bertz CT molecular complexity index is 453. The third-order valence-corrected chi connectivity index (χ3v) is 2.95. The third kappa shape index (κ3) is 2.24. The lowest BCUT2D eigenvalue weighted by Gasteiger charge is -2.24. The topological polar surface area (TPSA) is 72.3 Å². The second-order valence-corrected chi connectivity index (χ2v) is 4.32. The van der Waals surface area contributed by atoms with E-state index in [2.05, 4.69) is 0 Å². The molecule has 17 heavy (non-hydrogen) atoms. The van der Waals surface area contributed by atoms with Crippen LogP contribution in [0.25, 0.3) is 0 Å². The van der Waals surface area contributed by atoms with Crippen molar-refractivity contribution in [3.05, 3.63) is 59.7 Å². The highest BCUT2D eigenvalue weighted by Gasteiger charge is 2.25. The Morgan fingerprint density at radius 2 is 1.06 bits per heavy atom. The van der Waals surface area contributed by atoms with Gasteiger partial charge in [0.25, 0.3) is 0 Å². The quantitative estimate of drug-likeness (QED) is 0.689. The van der Waals surface area contributed by atoms with Gasteiger partial charge >= 0.3 is 0 Å². The number of anilines is 2. The molecule has 0 saturated carbocycles. The third-order valence-electron chi connectivity index (χ3n) is 2.95. The van der Waals surface area contributed by atoms with E-state index in [9.17, 15) is 5.11 Å². The van der Waals surface area contributed by atoms with Gasteiger partial charge in [-0.15, -0.1) is 0 Å². The second kappa shape index (κ2) is 4.11. The molecule has 0 heterocycles. The Morgan fingerprint density at radius 1 is 0.765 bits per heavy atom. The molecule has 0 aliphatic carbocycles. The highest BCUT2D eigenvalue weighted by atomic mass is 16.3. The van der Waals surface area contributed by atoms with Gasteiger partial charge < -0.3 is 16.6 Å². The average Bonchev–Trinajstić information content (AvgIpc) is 2.30. The molecule has 0 aromatic heterocycles. The van der Waals surface area contributed by atoms with Crippen LogP contribution in [0.4, 0.5) is 11.4 Å². The number of hydrogen-bond donors (Lipinski definition) is 3. The van der Waals surface area contributed by atoms with Crippen molar-refractivity contribution in [3.8, 4) is 0 Å². The molecule has 0 amide bonds. The summed E-state index contributed by atoms with van der Waals surface area (Å²) in [5.41, 5.74) is 13.2. The highest BCUT2D eigenvalue weighted by Crippen LogP contribution is 2.29. The van der Waals surface area contributed by atoms with Gasteiger partial charge in [-0.25, -0.2) is 0 Å². The molecule has 88 valence electrons. The predicted octanol–water partition coefficient (Wildman–Crippen LogP) is 2.11. The van der Waals surface area contributed by atoms with Crippen LogP contribution in [0, 0.1) is 0 Å². The summed E-state index contributed by atoms with van der Waals surface area (Å²) in [6.45, 7) is 1.75. The van der Waals surface area contributed by atoms with E-state index in [-0.39, 0.29) is 0 Å². The molecular weight excluding hydrogens is 212 g/mol. The molecule has 2 aromatic carbocycles. The van der Waals surface area contributed by atoms with Crippen molar-refractivity contribution < 1.29 is 5.11 Å². The number of nitrogens with two attached hydrogens (primary N) is 2. The molecule has 3 nitrogen and oxygen atoms in total. The van der Waals surface area contributed by atoms with Crippen LogP contribution in [0.15, 0.2) is 48.5 Å². The fraction of sp³-hybridized carbons (Fsp3) is 0.143. The molecule has 0 atom stereocenters. The minimum Gasteiger partial charge on any atom is -0.399 e. The first-order valence-corrected chi connectivity index (χ1v) is 5.44. The molecule has 0 fully saturated rings. The standard InChI is InChI=1S/C14H16N2O/c1-14(17,10-2-6-12(15)7-3-10)11-4-8-13(16)9-5-11/h2-9,17H,15-16H2,1H3. The number of hydrogen-bond acceptors (Lipinski definition) is 3. The number of benzene rings is 2. The maximum absolute atomic E-state index is 10.6. The van der Waals surface area contributed by atoms with E-state index in [4.69, 9.17) is 11.5 Å². The van der Waals surface area contributed by atoms with Crippen molar-refractivity contribution in [3.63, 3.8) is 0 Å². The van der Waals surface area contributed by atoms with Crippen molar-refractivity contribution in [2.75, 3.05) is 11.5 Å². The van der Waals surface area contributed by atoms with Gasteiger partial charge in [0, 0.05) is 11.4 Å². The van der Waals surface area contributed by atoms with Crippen molar-refractivity contribution in [2.45, 2.75) is 12.5 Å². The SMILES string of the molecule is CC(O)(c1ccc(N)cc1)c1ccc(N)cc1. The zero-order valence-corrected chi connectivity index (χ0v) is 9.72. The summed E-state index contributed by atoms with van der Waals surface area (Å²) in [7, 11) is 0. The largest absolute Gasteiger partial charge is 0.399 e. The van der Waals surface area contributed by atoms with Crippen LogP contribution in [-0.4, -0.2) is 5.11 Å². The van der Waals surface area contributed by atoms with Gasteiger partial charge in [0.05, 0.1) is 0 Å². The second-order valence-electron chi connectivity index (χ2n) is 4.32. The molecule has 0 spiro atoms. The summed E-state index contributed by atoms with van der Waals surface area (Å²) in [4.78, 5) is 0. The van der Waals surface area contributed by atoms with Gasteiger partial charge in [-0.3, -0.25) is 0 Å². The van der Waals surface area contributed by atoms with Gasteiger partial charge in [0.2, 0.25) is 0 Å². The molecule has 0 aliphatic rings. The molecule has 0 bridgehead atoms. The maximum Gasteiger partial charge on any atom is 0.112 e. The Hall–Kier alpha value is -2.00. The van der Waals surface area contributed by atoms with E-state index in [1.165, 1.54) is 0 Å². The lowest BCUT2D eigenvalue weighted by atomic mass is 9.88. The van der Waals surface area contributed by atoms with Crippen LogP contribution in [0.2, 0.25) is 0 Å². The molecule has 0 aliphatic heterocycles. The van der Waals surface area contributed by atoms with Crippen molar-refractivity contribution >= 4 is 11.4 Å². The summed E-state index contributed by atoms with van der Waals surface area (Å²) in [5.74, 6) is 0. The molecule has 0 unspecified atom stereocenters. The van der Waals surface area contributed by atoms with Crippen LogP contribution in [0.5, 0.6) is 0 Å². The summed E-state index contributed by atoms with van der Waals surface area (Å²) < 4.78 is 0. The summed E-state index contributed by atoms with van der Waals surface area (Å²) in [5, 5.41) is 10.6. The summed E-state index contributed by atoms with van der Waals surface area (Å²) in [6, 6.07) is 14.4. The molecule has 2 aromatic rings. The van der Waals surface area contributed by atoms with E-state index in [0.717, 1.165) is 11.1 Å². The molecule has 0 saturated heterocycles. The Labute approximate surface area is 101 Å². The van der Waals surface area contributed by atoms with Crippen molar-refractivity contribution in [2.24, 2.45) is 0 Å². The fourth-order valence-corrected chi connectivity index (χ4v) is 1.78. The van der Waals surface area contributed by atoms with Crippen LogP contribution in [0.3, 0.4) is 0 Å². The fourth-order valence-electron chi connectivity index (χ4n) is 1.78. The van der Waals surface area contributed by atoms with Gasteiger partial charge in [-0.2, -0.15) is 0 Å². The average molecular weight is 228 g/mol. The zero-order chi connectivity index (χ0) is 12.5. The minimum absolute atomic E-state index is 0.682. The van der Waals surface area contributed by atoms with Gasteiger partial charge in [0.1, 0.15) is 5.60 Å². The molecule has 0 radical (unpaired) electrons. The minimum atomic E-state index is -1.04.